The zero-order chi connectivity index (χ0) is 19.5. The molecule has 0 unspecified atom stereocenters. The summed E-state index contributed by atoms with van der Waals surface area (Å²) >= 11 is 0. The standard InChI is InChI=1S/C22H28N4O2/c1-16-8-10-17(11-9-16)22(28)25-14-4-5-18(15-25)21(27)24-20-12-13-23-26(20)19-6-2-3-7-19/h8-13,18-19H,2-7,14-15H2,1H3,(H,24,27)/t18-/m1/s1. The molecule has 0 spiro atoms. The van der Waals surface area contributed by atoms with Crippen LogP contribution in [0.25, 0.3) is 0 Å². The Kier molecular flexibility index (Phi) is 5.46. The molecule has 1 saturated carbocycles. The molecule has 0 radical (unpaired) electrons. The van der Waals surface area contributed by atoms with E-state index in [4.69, 9.17) is 0 Å². The molecule has 6 nitrogen and oxygen atoms in total. The largest absolute Gasteiger partial charge is 0.338 e. The van der Waals surface area contributed by atoms with E-state index in [0.717, 1.165) is 37.1 Å². The van der Waals surface area contributed by atoms with Crippen LogP contribution >= 0.6 is 0 Å². The van der Waals surface area contributed by atoms with E-state index in [1.54, 1.807) is 6.20 Å². The number of benzene rings is 1. The Morgan fingerprint density at radius 2 is 1.79 bits per heavy atom. The van der Waals surface area contributed by atoms with Crippen LogP contribution in [0.15, 0.2) is 36.5 Å². The Labute approximate surface area is 165 Å². The summed E-state index contributed by atoms with van der Waals surface area (Å²) in [4.78, 5) is 27.5. The van der Waals surface area contributed by atoms with Crippen molar-refractivity contribution in [3.8, 4) is 0 Å². The van der Waals surface area contributed by atoms with Crippen LogP contribution in [0.1, 0.15) is 60.5 Å². The van der Waals surface area contributed by atoms with E-state index < -0.39 is 0 Å². The van der Waals surface area contributed by atoms with Gasteiger partial charge in [-0.05, 0) is 44.7 Å². The topological polar surface area (TPSA) is 67.2 Å². The molecule has 148 valence electrons. The van der Waals surface area contributed by atoms with Crippen molar-refractivity contribution < 1.29 is 9.59 Å². The minimum absolute atomic E-state index is 0.00787. The number of nitrogens with one attached hydrogen (secondary N) is 1. The number of aryl methyl sites for hydroxylation is 1. The fraction of sp³-hybridized carbons (Fsp3) is 0.500. The molecule has 0 bridgehead atoms. The molecule has 2 aromatic rings. The predicted octanol–water partition coefficient (Wildman–Crippen LogP) is 3.80. The highest BCUT2D eigenvalue weighted by atomic mass is 16.2. The molecule has 1 aromatic heterocycles. The summed E-state index contributed by atoms with van der Waals surface area (Å²) in [5, 5.41) is 7.49. The van der Waals surface area contributed by atoms with Gasteiger partial charge in [0.15, 0.2) is 0 Å². The molecular formula is C22H28N4O2. The molecule has 2 fully saturated rings. The lowest BCUT2D eigenvalue weighted by Gasteiger charge is -2.32. The van der Waals surface area contributed by atoms with Gasteiger partial charge in [-0.2, -0.15) is 5.10 Å². The van der Waals surface area contributed by atoms with Gasteiger partial charge in [0.1, 0.15) is 5.82 Å². The van der Waals surface area contributed by atoms with Gasteiger partial charge in [0.05, 0.1) is 18.2 Å². The van der Waals surface area contributed by atoms with Crippen molar-refractivity contribution in [1.82, 2.24) is 14.7 Å². The molecule has 1 N–H and O–H groups in total. The number of hydrogen-bond donors (Lipinski definition) is 1. The van der Waals surface area contributed by atoms with E-state index in [0.29, 0.717) is 24.7 Å². The van der Waals surface area contributed by atoms with Crippen LogP contribution in [0.4, 0.5) is 5.82 Å². The lowest BCUT2D eigenvalue weighted by Crippen LogP contribution is -2.44. The van der Waals surface area contributed by atoms with Crippen molar-refractivity contribution in [3.63, 3.8) is 0 Å². The van der Waals surface area contributed by atoms with Crippen LogP contribution in [0.3, 0.4) is 0 Å². The fourth-order valence-corrected chi connectivity index (χ4v) is 4.34. The number of hydrogen-bond acceptors (Lipinski definition) is 3. The van der Waals surface area contributed by atoms with E-state index in [2.05, 4.69) is 10.4 Å². The first-order valence-corrected chi connectivity index (χ1v) is 10.3. The van der Waals surface area contributed by atoms with Crippen LogP contribution in [0.2, 0.25) is 0 Å². The molecule has 6 heteroatoms. The van der Waals surface area contributed by atoms with Crippen LogP contribution in [-0.4, -0.2) is 39.6 Å². The Morgan fingerprint density at radius 3 is 2.54 bits per heavy atom. The Bertz CT molecular complexity index is 836. The summed E-state index contributed by atoms with van der Waals surface area (Å²) in [6.07, 6.45) is 8.08. The van der Waals surface area contributed by atoms with Crippen LogP contribution < -0.4 is 5.32 Å². The Hall–Kier alpha value is -2.63. The molecule has 1 aliphatic carbocycles. The SMILES string of the molecule is Cc1ccc(C(=O)N2CCC[C@@H](C(=O)Nc3ccnn3C3CCCC3)C2)cc1. The Morgan fingerprint density at radius 1 is 1.04 bits per heavy atom. The number of carbonyl (C=O) groups is 2. The van der Waals surface area contributed by atoms with Crippen molar-refractivity contribution in [1.29, 1.82) is 0 Å². The first-order chi connectivity index (χ1) is 13.6. The van der Waals surface area contributed by atoms with E-state index >= 15 is 0 Å². The molecule has 1 aliphatic heterocycles. The third kappa shape index (κ3) is 3.96. The fourth-order valence-electron chi connectivity index (χ4n) is 4.34. The van der Waals surface area contributed by atoms with Gasteiger partial charge in [-0.25, -0.2) is 4.68 Å². The van der Waals surface area contributed by atoms with E-state index in [-0.39, 0.29) is 17.7 Å². The first kappa shape index (κ1) is 18.7. The molecule has 2 aliphatic rings. The molecule has 2 heterocycles. The first-order valence-electron chi connectivity index (χ1n) is 10.3. The molecule has 1 saturated heterocycles. The average Bonchev–Trinajstić information content (AvgIpc) is 3.39. The molecule has 28 heavy (non-hydrogen) atoms. The second kappa shape index (κ2) is 8.17. The second-order valence-electron chi connectivity index (χ2n) is 8.04. The van der Waals surface area contributed by atoms with Crippen LogP contribution in [0, 0.1) is 12.8 Å². The third-order valence-corrected chi connectivity index (χ3v) is 5.97. The summed E-state index contributed by atoms with van der Waals surface area (Å²) in [6.45, 7) is 3.18. The highest BCUT2D eigenvalue weighted by molar-refractivity contribution is 5.96. The van der Waals surface area contributed by atoms with Gasteiger partial charge in [0.25, 0.3) is 5.91 Å². The van der Waals surface area contributed by atoms with Crippen molar-refractivity contribution in [2.75, 3.05) is 18.4 Å². The molecule has 1 aromatic carbocycles. The smallest absolute Gasteiger partial charge is 0.253 e. The summed E-state index contributed by atoms with van der Waals surface area (Å²) in [7, 11) is 0. The molecule has 1 atom stereocenters. The van der Waals surface area contributed by atoms with Gasteiger partial charge >= 0.3 is 0 Å². The number of aromatic nitrogens is 2. The monoisotopic (exact) mass is 380 g/mol. The summed E-state index contributed by atoms with van der Waals surface area (Å²) in [5.41, 5.74) is 1.82. The van der Waals surface area contributed by atoms with Crippen molar-refractivity contribution in [2.45, 2.75) is 51.5 Å². The van der Waals surface area contributed by atoms with Gasteiger partial charge in [-0.3, -0.25) is 9.59 Å². The number of nitrogens with zero attached hydrogens (tertiary/aromatic N) is 3. The second-order valence-corrected chi connectivity index (χ2v) is 8.04. The number of rotatable bonds is 4. The number of carbonyl (C=O) groups excluding carboxylic acids is 2. The van der Waals surface area contributed by atoms with Crippen LogP contribution in [-0.2, 0) is 4.79 Å². The number of likely N-dealkylation sites (tertiary alicyclic amines) is 1. The highest BCUT2D eigenvalue weighted by Gasteiger charge is 2.30. The number of piperidine rings is 1. The maximum absolute atomic E-state index is 12.9. The molecular weight excluding hydrogens is 352 g/mol. The van der Waals surface area contributed by atoms with Gasteiger partial charge < -0.3 is 10.2 Å². The van der Waals surface area contributed by atoms with Gasteiger partial charge in [-0.1, -0.05) is 30.5 Å². The number of anilines is 1. The number of amides is 2. The Balaban J connectivity index is 1.40. The lowest BCUT2D eigenvalue weighted by molar-refractivity contribution is -0.121. The van der Waals surface area contributed by atoms with E-state index in [9.17, 15) is 9.59 Å². The summed E-state index contributed by atoms with van der Waals surface area (Å²) in [5.74, 6) is 0.587. The lowest BCUT2D eigenvalue weighted by atomic mass is 9.96. The van der Waals surface area contributed by atoms with Crippen LogP contribution in [0.5, 0.6) is 0 Å². The quantitative estimate of drug-likeness (QED) is 0.877. The molecule has 4 rings (SSSR count). The maximum Gasteiger partial charge on any atom is 0.253 e. The van der Waals surface area contributed by atoms with E-state index in [1.165, 1.54) is 12.8 Å². The third-order valence-electron chi connectivity index (χ3n) is 5.97. The van der Waals surface area contributed by atoms with Crippen molar-refractivity contribution in [3.05, 3.63) is 47.7 Å². The maximum atomic E-state index is 12.9. The highest BCUT2D eigenvalue weighted by Crippen LogP contribution is 2.31. The minimum atomic E-state index is -0.185. The average molecular weight is 380 g/mol. The zero-order valence-corrected chi connectivity index (χ0v) is 16.4. The predicted molar refractivity (Wildman–Crippen MR) is 108 cm³/mol. The molecule has 2 amide bonds. The van der Waals surface area contributed by atoms with Crippen molar-refractivity contribution >= 4 is 17.6 Å². The normalized spacial score (nSPS) is 20.3. The van der Waals surface area contributed by atoms with Crippen molar-refractivity contribution in [2.24, 2.45) is 5.92 Å². The summed E-state index contributed by atoms with van der Waals surface area (Å²) in [6, 6.07) is 9.88. The minimum Gasteiger partial charge on any atom is -0.338 e. The van der Waals surface area contributed by atoms with E-state index in [1.807, 2.05) is 46.8 Å². The van der Waals surface area contributed by atoms with Gasteiger partial charge in [-0.15, -0.1) is 0 Å². The van der Waals surface area contributed by atoms with Gasteiger partial charge in [0, 0.05) is 24.7 Å². The van der Waals surface area contributed by atoms with Gasteiger partial charge in [0.2, 0.25) is 5.91 Å². The summed E-state index contributed by atoms with van der Waals surface area (Å²) < 4.78 is 1.96. The zero-order valence-electron chi connectivity index (χ0n) is 16.4.